The minimum atomic E-state index is 0.176. The fourth-order valence-electron chi connectivity index (χ4n) is 1.52. The summed E-state index contributed by atoms with van der Waals surface area (Å²) in [6, 6.07) is 10.1. The lowest BCUT2D eigenvalue weighted by atomic mass is 10.1. The number of rotatable bonds is 8. The minimum Gasteiger partial charge on any atom is -0.396 e. The van der Waals surface area contributed by atoms with E-state index in [1.807, 2.05) is 18.2 Å². The second-order valence-electron chi connectivity index (χ2n) is 3.96. The Hall–Kier alpha value is -0.900. The fourth-order valence-corrected chi connectivity index (χ4v) is 1.52. The van der Waals surface area contributed by atoms with E-state index in [1.54, 1.807) is 0 Å². The van der Waals surface area contributed by atoms with Crippen molar-refractivity contribution in [1.29, 1.82) is 0 Å². The van der Waals surface area contributed by atoms with Gasteiger partial charge >= 0.3 is 0 Å². The number of aliphatic hydroxyl groups excluding tert-OH is 1. The molecule has 3 heteroatoms. The van der Waals surface area contributed by atoms with Gasteiger partial charge in [-0.05, 0) is 30.9 Å². The van der Waals surface area contributed by atoms with E-state index in [-0.39, 0.29) is 12.5 Å². The zero-order valence-corrected chi connectivity index (χ0v) is 9.64. The summed E-state index contributed by atoms with van der Waals surface area (Å²) in [4.78, 5) is 0. The van der Waals surface area contributed by atoms with Gasteiger partial charge in [-0.25, -0.2) is 0 Å². The SMILES string of the molecule is NCC(CO)CCCOCc1ccccc1. The highest BCUT2D eigenvalue weighted by atomic mass is 16.5. The number of hydrogen-bond acceptors (Lipinski definition) is 3. The van der Waals surface area contributed by atoms with Crippen LogP contribution in [0.15, 0.2) is 30.3 Å². The fraction of sp³-hybridized carbons (Fsp3) is 0.538. The first-order chi connectivity index (χ1) is 7.86. The summed E-state index contributed by atoms with van der Waals surface area (Å²) in [5, 5.41) is 8.94. The molecule has 3 nitrogen and oxygen atoms in total. The third kappa shape index (κ3) is 5.26. The topological polar surface area (TPSA) is 55.5 Å². The maximum atomic E-state index is 8.94. The number of ether oxygens (including phenoxy) is 1. The number of aliphatic hydroxyl groups is 1. The van der Waals surface area contributed by atoms with Gasteiger partial charge in [0.2, 0.25) is 0 Å². The summed E-state index contributed by atoms with van der Waals surface area (Å²) >= 11 is 0. The maximum absolute atomic E-state index is 8.94. The lowest BCUT2D eigenvalue weighted by Crippen LogP contribution is -2.18. The van der Waals surface area contributed by atoms with Crippen LogP contribution in [0.2, 0.25) is 0 Å². The highest BCUT2D eigenvalue weighted by Gasteiger charge is 2.03. The average molecular weight is 223 g/mol. The van der Waals surface area contributed by atoms with E-state index in [0.717, 1.165) is 19.4 Å². The van der Waals surface area contributed by atoms with Crippen LogP contribution >= 0.6 is 0 Å². The van der Waals surface area contributed by atoms with Crippen LogP contribution in [0.25, 0.3) is 0 Å². The van der Waals surface area contributed by atoms with Gasteiger partial charge in [0.15, 0.2) is 0 Å². The van der Waals surface area contributed by atoms with Gasteiger partial charge in [0.05, 0.1) is 6.61 Å². The van der Waals surface area contributed by atoms with Gasteiger partial charge in [-0.2, -0.15) is 0 Å². The molecule has 1 aromatic carbocycles. The van der Waals surface area contributed by atoms with Crippen LogP contribution in [0.4, 0.5) is 0 Å². The summed E-state index contributed by atoms with van der Waals surface area (Å²) in [5.74, 6) is 0.223. The summed E-state index contributed by atoms with van der Waals surface area (Å²) in [6.45, 7) is 2.11. The Morgan fingerprint density at radius 1 is 1.25 bits per heavy atom. The van der Waals surface area contributed by atoms with Gasteiger partial charge in [-0.3, -0.25) is 0 Å². The Morgan fingerprint density at radius 2 is 2.00 bits per heavy atom. The van der Waals surface area contributed by atoms with Crippen LogP contribution in [-0.4, -0.2) is 24.9 Å². The predicted molar refractivity (Wildman–Crippen MR) is 65.0 cm³/mol. The largest absolute Gasteiger partial charge is 0.396 e. The van der Waals surface area contributed by atoms with E-state index in [1.165, 1.54) is 5.56 Å². The molecular weight excluding hydrogens is 202 g/mol. The molecule has 0 aromatic heterocycles. The van der Waals surface area contributed by atoms with Crippen LogP contribution < -0.4 is 5.73 Å². The van der Waals surface area contributed by atoms with Crippen molar-refractivity contribution in [3.05, 3.63) is 35.9 Å². The monoisotopic (exact) mass is 223 g/mol. The Balaban J connectivity index is 2.04. The minimum absolute atomic E-state index is 0.176. The lowest BCUT2D eigenvalue weighted by Gasteiger charge is -2.10. The molecule has 0 aliphatic heterocycles. The molecule has 90 valence electrons. The maximum Gasteiger partial charge on any atom is 0.0716 e. The molecule has 1 atom stereocenters. The van der Waals surface area contributed by atoms with Crippen molar-refractivity contribution >= 4 is 0 Å². The first-order valence-electron chi connectivity index (χ1n) is 5.79. The molecule has 1 unspecified atom stereocenters. The standard InChI is InChI=1S/C13H21NO2/c14-9-13(10-15)7-4-8-16-11-12-5-2-1-3-6-12/h1-3,5-6,13,15H,4,7-11,14H2. The van der Waals surface area contributed by atoms with Gasteiger partial charge in [0.1, 0.15) is 0 Å². The zero-order chi connectivity index (χ0) is 11.6. The van der Waals surface area contributed by atoms with E-state index < -0.39 is 0 Å². The molecule has 16 heavy (non-hydrogen) atoms. The van der Waals surface area contributed by atoms with E-state index in [9.17, 15) is 0 Å². The molecule has 0 radical (unpaired) electrons. The number of nitrogens with two attached hydrogens (primary N) is 1. The summed E-state index contributed by atoms with van der Waals surface area (Å²) < 4.78 is 5.54. The number of benzene rings is 1. The van der Waals surface area contributed by atoms with Crippen LogP contribution in [0.1, 0.15) is 18.4 Å². The van der Waals surface area contributed by atoms with Gasteiger partial charge < -0.3 is 15.6 Å². The Labute approximate surface area is 97.2 Å². The Kier molecular flexibility index (Phi) is 6.81. The molecule has 0 amide bonds. The van der Waals surface area contributed by atoms with Gasteiger partial charge in [0, 0.05) is 13.2 Å². The summed E-state index contributed by atoms with van der Waals surface area (Å²) in [6.07, 6.45) is 1.89. The van der Waals surface area contributed by atoms with Crippen LogP contribution in [-0.2, 0) is 11.3 Å². The average Bonchev–Trinajstić information content (AvgIpc) is 2.35. The van der Waals surface area contributed by atoms with Crippen molar-refractivity contribution in [2.45, 2.75) is 19.4 Å². The molecule has 0 aliphatic carbocycles. The molecule has 0 spiro atoms. The molecule has 0 heterocycles. The van der Waals surface area contributed by atoms with Gasteiger partial charge in [-0.15, -0.1) is 0 Å². The summed E-state index contributed by atoms with van der Waals surface area (Å²) in [7, 11) is 0. The quantitative estimate of drug-likeness (QED) is 0.657. The van der Waals surface area contributed by atoms with E-state index in [2.05, 4.69) is 12.1 Å². The first kappa shape index (κ1) is 13.2. The van der Waals surface area contributed by atoms with Gasteiger partial charge in [-0.1, -0.05) is 30.3 Å². The Bertz CT molecular complexity index is 260. The van der Waals surface area contributed by atoms with Crippen molar-refractivity contribution in [3.63, 3.8) is 0 Å². The smallest absolute Gasteiger partial charge is 0.0716 e. The van der Waals surface area contributed by atoms with Crippen molar-refractivity contribution in [2.24, 2.45) is 11.7 Å². The Morgan fingerprint density at radius 3 is 2.62 bits per heavy atom. The predicted octanol–water partition coefficient (Wildman–Crippen LogP) is 1.55. The van der Waals surface area contributed by atoms with Crippen molar-refractivity contribution < 1.29 is 9.84 Å². The lowest BCUT2D eigenvalue weighted by molar-refractivity contribution is 0.110. The van der Waals surface area contributed by atoms with E-state index in [4.69, 9.17) is 15.6 Å². The third-order valence-corrected chi connectivity index (χ3v) is 2.60. The molecule has 0 bridgehead atoms. The molecule has 0 aliphatic rings. The molecular formula is C13H21NO2. The van der Waals surface area contributed by atoms with E-state index >= 15 is 0 Å². The summed E-state index contributed by atoms with van der Waals surface area (Å²) in [5.41, 5.74) is 6.68. The zero-order valence-electron chi connectivity index (χ0n) is 9.64. The third-order valence-electron chi connectivity index (χ3n) is 2.60. The molecule has 3 N–H and O–H groups in total. The van der Waals surface area contributed by atoms with Crippen LogP contribution in [0.5, 0.6) is 0 Å². The molecule has 0 saturated heterocycles. The molecule has 1 rings (SSSR count). The normalized spacial score (nSPS) is 12.6. The van der Waals surface area contributed by atoms with E-state index in [0.29, 0.717) is 13.2 Å². The van der Waals surface area contributed by atoms with Crippen molar-refractivity contribution in [1.82, 2.24) is 0 Å². The second-order valence-corrected chi connectivity index (χ2v) is 3.96. The first-order valence-corrected chi connectivity index (χ1v) is 5.79. The highest BCUT2D eigenvalue weighted by Crippen LogP contribution is 2.05. The van der Waals surface area contributed by atoms with Crippen LogP contribution in [0, 0.1) is 5.92 Å². The molecule has 0 saturated carbocycles. The molecule has 1 aromatic rings. The molecule has 0 fully saturated rings. The highest BCUT2D eigenvalue weighted by molar-refractivity contribution is 5.13. The van der Waals surface area contributed by atoms with Crippen molar-refractivity contribution in [2.75, 3.05) is 19.8 Å². The number of hydrogen-bond donors (Lipinski definition) is 2. The van der Waals surface area contributed by atoms with Gasteiger partial charge in [0.25, 0.3) is 0 Å². The second kappa shape index (κ2) is 8.28. The van der Waals surface area contributed by atoms with Crippen LogP contribution in [0.3, 0.4) is 0 Å². The van der Waals surface area contributed by atoms with Crippen molar-refractivity contribution in [3.8, 4) is 0 Å².